The van der Waals surface area contributed by atoms with E-state index in [1.54, 1.807) is 4.90 Å². The fourth-order valence-electron chi connectivity index (χ4n) is 2.09. The van der Waals surface area contributed by atoms with Gasteiger partial charge in [-0.25, -0.2) is 9.59 Å². The predicted molar refractivity (Wildman–Crippen MR) is 82.2 cm³/mol. The normalized spacial score (nSPS) is 18.0. The lowest BCUT2D eigenvalue weighted by Gasteiger charge is -2.33. The molecule has 0 spiro atoms. The number of hydrogen-bond acceptors (Lipinski definition) is 3. The molecule has 1 saturated heterocycles. The zero-order valence-electron chi connectivity index (χ0n) is 13.9. The molecule has 3 amide bonds. The second-order valence-electron chi connectivity index (χ2n) is 6.67. The Hall–Kier alpha value is -1.46. The van der Waals surface area contributed by atoms with Crippen LogP contribution in [0, 0.1) is 0 Å². The smallest absolute Gasteiger partial charge is 0.410 e. The lowest BCUT2D eigenvalue weighted by Crippen LogP contribution is -2.51. The molecule has 21 heavy (non-hydrogen) atoms. The molecule has 0 aromatic heterocycles. The predicted octanol–water partition coefficient (Wildman–Crippen LogP) is 2.48. The molecule has 0 saturated carbocycles. The van der Waals surface area contributed by atoms with Crippen LogP contribution in [0.3, 0.4) is 0 Å². The van der Waals surface area contributed by atoms with Crippen LogP contribution in [0.2, 0.25) is 0 Å². The van der Waals surface area contributed by atoms with Gasteiger partial charge >= 0.3 is 12.1 Å². The van der Waals surface area contributed by atoms with Gasteiger partial charge in [0.25, 0.3) is 0 Å². The molecular formula is C15H29N3O3. The fraction of sp³-hybridized carbons (Fsp3) is 0.867. The van der Waals surface area contributed by atoms with Crippen molar-refractivity contribution in [3.63, 3.8) is 0 Å². The number of ether oxygens (including phenoxy) is 1. The molecule has 1 rings (SSSR count). The summed E-state index contributed by atoms with van der Waals surface area (Å²) in [6, 6.07) is 0.166. The third kappa shape index (κ3) is 6.69. The molecule has 0 aromatic carbocycles. The third-order valence-corrected chi connectivity index (χ3v) is 3.47. The summed E-state index contributed by atoms with van der Waals surface area (Å²) in [5, 5.41) is 5.85. The van der Waals surface area contributed by atoms with Crippen LogP contribution in [0.15, 0.2) is 0 Å². The van der Waals surface area contributed by atoms with Crippen molar-refractivity contribution in [2.24, 2.45) is 0 Å². The monoisotopic (exact) mass is 299 g/mol. The lowest BCUT2D eigenvalue weighted by molar-refractivity contribution is 0.0201. The fourth-order valence-corrected chi connectivity index (χ4v) is 2.09. The van der Waals surface area contributed by atoms with E-state index in [4.69, 9.17) is 4.74 Å². The van der Waals surface area contributed by atoms with Gasteiger partial charge in [-0.05, 0) is 47.0 Å². The van der Waals surface area contributed by atoms with Crippen molar-refractivity contribution in [3.8, 4) is 0 Å². The average Bonchev–Trinajstić information content (AvgIpc) is 2.37. The molecule has 0 bridgehead atoms. The number of nitrogens with zero attached hydrogens (tertiary/aromatic N) is 1. The highest BCUT2D eigenvalue weighted by Crippen LogP contribution is 2.15. The Morgan fingerprint density at radius 2 is 1.86 bits per heavy atom. The minimum absolute atomic E-state index is 0.118. The highest BCUT2D eigenvalue weighted by atomic mass is 16.6. The summed E-state index contributed by atoms with van der Waals surface area (Å²) in [5.74, 6) is 0. The van der Waals surface area contributed by atoms with Crippen LogP contribution in [-0.2, 0) is 4.74 Å². The van der Waals surface area contributed by atoms with Crippen LogP contribution in [0.4, 0.5) is 9.59 Å². The van der Waals surface area contributed by atoms with Crippen LogP contribution < -0.4 is 10.6 Å². The van der Waals surface area contributed by atoms with Crippen molar-refractivity contribution in [1.29, 1.82) is 0 Å². The molecule has 0 aromatic rings. The Balaban J connectivity index is 2.32. The van der Waals surface area contributed by atoms with E-state index in [2.05, 4.69) is 10.6 Å². The van der Waals surface area contributed by atoms with Crippen LogP contribution in [-0.4, -0.2) is 47.8 Å². The van der Waals surface area contributed by atoms with E-state index in [0.717, 1.165) is 19.3 Å². The second-order valence-corrected chi connectivity index (χ2v) is 6.67. The van der Waals surface area contributed by atoms with E-state index in [0.29, 0.717) is 13.1 Å². The molecule has 122 valence electrons. The van der Waals surface area contributed by atoms with Crippen LogP contribution >= 0.6 is 0 Å². The van der Waals surface area contributed by atoms with Gasteiger partial charge < -0.3 is 20.3 Å². The maximum Gasteiger partial charge on any atom is 0.410 e. The standard InChI is InChI=1S/C15H29N3O3/c1-6-11(2)16-13(19)17-12-7-9-18(10-8-12)14(20)21-15(3,4)5/h11-12H,6-10H2,1-5H3,(H2,16,17,19). The quantitative estimate of drug-likeness (QED) is 0.841. The number of amides is 3. The van der Waals surface area contributed by atoms with Gasteiger partial charge in [-0.15, -0.1) is 0 Å². The number of likely N-dealkylation sites (tertiary alicyclic amines) is 1. The van der Waals surface area contributed by atoms with E-state index in [9.17, 15) is 9.59 Å². The highest BCUT2D eigenvalue weighted by Gasteiger charge is 2.27. The second kappa shape index (κ2) is 7.52. The van der Waals surface area contributed by atoms with Crippen LogP contribution in [0.25, 0.3) is 0 Å². The topological polar surface area (TPSA) is 70.7 Å². The van der Waals surface area contributed by atoms with E-state index < -0.39 is 5.60 Å². The minimum Gasteiger partial charge on any atom is -0.444 e. The van der Waals surface area contributed by atoms with Gasteiger partial charge in [0.15, 0.2) is 0 Å². The molecule has 1 heterocycles. The first-order chi connectivity index (χ1) is 9.71. The zero-order valence-corrected chi connectivity index (χ0v) is 13.9. The van der Waals surface area contributed by atoms with Crippen molar-refractivity contribution in [3.05, 3.63) is 0 Å². The van der Waals surface area contributed by atoms with Gasteiger partial charge in [-0.3, -0.25) is 0 Å². The lowest BCUT2D eigenvalue weighted by atomic mass is 10.1. The van der Waals surface area contributed by atoms with Crippen LogP contribution in [0.1, 0.15) is 53.9 Å². The first-order valence-corrected chi connectivity index (χ1v) is 7.76. The number of urea groups is 1. The van der Waals surface area contributed by atoms with Gasteiger partial charge in [0.05, 0.1) is 0 Å². The molecule has 1 fully saturated rings. The van der Waals surface area contributed by atoms with E-state index in [1.807, 2.05) is 34.6 Å². The molecule has 1 atom stereocenters. The SMILES string of the molecule is CCC(C)NC(=O)NC1CCN(C(=O)OC(C)(C)C)CC1. The van der Waals surface area contributed by atoms with Crippen molar-refractivity contribution < 1.29 is 14.3 Å². The van der Waals surface area contributed by atoms with Gasteiger partial charge in [0.1, 0.15) is 5.60 Å². The van der Waals surface area contributed by atoms with Crippen molar-refractivity contribution in [2.45, 2.75) is 71.6 Å². The largest absolute Gasteiger partial charge is 0.444 e. The first kappa shape index (κ1) is 17.6. The number of carbonyl (C=O) groups is 2. The number of hydrogen-bond donors (Lipinski definition) is 2. The Morgan fingerprint density at radius 3 is 2.33 bits per heavy atom. The number of nitrogens with one attached hydrogen (secondary N) is 2. The Morgan fingerprint density at radius 1 is 1.29 bits per heavy atom. The number of rotatable bonds is 3. The van der Waals surface area contributed by atoms with Gasteiger partial charge in [0, 0.05) is 25.2 Å². The minimum atomic E-state index is -0.470. The maximum absolute atomic E-state index is 11.9. The molecule has 6 nitrogen and oxygen atoms in total. The zero-order chi connectivity index (χ0) is 16.0. The Kier molecular flexibility index (Phi) is 6.30. The molecule has 1 unspecified atom stereocenters. The van der Waals surface area contributed by atoms with Gasteiger partial charge in [-0.1, -0.05) is 6.92 Å². The first-order valence-electron chi connectivity index (χ1n) is 7.76. The van der Waals surface area contributed by atoms with Gasteiger partial charge in [0.2, 0.25) is 0 Å². The highest BCUT2D eigenvalue weighted by molar-refractivity contribution is 5.74. The number of piperidine rings is 1. The molecule has 1 aliphatic rings. The summed E-state index contributed by atoms with van der Waals surface area (Å²) in [5.41, 5.74) is -0.470. The van der Waals surface area contributed by atoms with E-state index in [-0.39, 0.29) is 24.2 Å². The number of carbonyl (C=O) groups excluding carboxylic acids is 2. The molecular weight excluding hydrogens is 270 g/mol. The summed E-state index contributed by atoms with van der Waals surface area (Å²) in [7, 11) is 0. The van der Waals surface area contributed by atoms with Crippen LogP contribution in [0.5, 0.6) is 0 Å². The average molecular weight is 299 g/mol. The molecule has 6 heteroatoms. The summed E-state index contributed by atoms with van der Waals surface area (Å²) in [6.07, 6.45) is 2.15. The maximum atomic E-state index is 11.9. The third-order valence-electron chi connectivity index (χ3n) is 3.47. The molecule has 0 aliphatic carbocycles. The Bertz CT molecular complexity index is 358. The summed E-state index contributed by atoms with van der Waals surface area (Å²) >= 11 is 0. The summed E-state index contributed by atoms with van der Waals surface area (Å²) < 4.78 is 5.35. The van der Waals surface area contributed by atoms with Crippen molar-refractivity contribution >= 4 is 12.1 Å². The Labute approximate surface area is 127 Å². The van der Waals surface area contributed by atoms with Gasteiger partial charge in [-0.2, -0.15) is 0 Å². The van der Waals surface area contributed by atoms with E-state index >= 15 is 0 Å². The molecule has 2 N–H and O–H groups in total. The van der Waals surface area contributed by atoms with E-state index in [1.165, 1.54) is 0 Å². The van der Waals surface area contributed by atoms with Crippen molar-refractivity contribution in [2.75, 3.05) is 13.1 Å². The van der Waals surface area contributed by atoms with Crippen molar-refractivity contribution in [1.82, 2.24) is 15.5 Å². The summed E-state index contributed by atoms with van der Waals surface area (Å²) in [6.45, 7) is 10.8. The molecule has 1 aliphatic heterocycles. The molecule has 0 radical (unpaired) electrons. The summed E-state index contributed by atoms with van der Waals surface area (Å²) in [4.78, 5) is 25.4.